The van der Waals surface area contributed by atoms with E-state index in [0.29, 0.717) is 23.1 Å². The van der Waals surface area contributed by atoms with Crippen molar-refractivity contribution in [3.8, 4) is 11.5 Å². The molecule has 1 aromatic carbocycles. The Morgan fingerprint density at radius 2 is 1.61 bits per heavy atom. The van der Waals surface area contributed by atoms with Gasteiger partial charge in [0.2, 0.25) is 0 Å². The SMILES string of the molecule is CCc1c(Cl)c(O)c(Cl)c(O)c1C(=O)O[C@@H]1[C@@H](O)[C@@H](OC)[C@@H](OCC2=CC=CC[C@H](O)C(C)=C[C@H](CC)C(O[C@@H]3OC(C)(C)C(O)[C@H](O)[C@@H]3O)C(C)=CC(C)=CCC([C@@H](C)O)OC2=O)O[C@H]1C. The number of hydrogen-bond acceptors (Lipinski definition) is 17. The van der Waals surface area contributed by atoms with Crippen LogP contribution in [0.4, 0.5) is 0 Å². The molecule has 8 N–H and O–H groups in total. The Labute approximate surface area is 401 Å². The van der Waals surface area contributed by atoms with Crippen LogP contribution in [0, 0.1) is 5.92 Å². The summed E-state index contributed by atoms with van der Waals surface area (Å²) in [6.45, 7) is 14.7. The lowest BCUT2D eigenvalue weighted by molar-refractivity contribution is -0.331. The summed E-state index contributed by atoms with van der Waals surface area (Å²) in [6.07, 6.45) is -5.33. The van der Waals surface area contributed by atoms with Crippen molar-refractivity contribution >= 4 is 35.1 Å². The maximum atomic E-state index is 13.9. The monoisotopic (exact) mass is 986 g/mol. The minimum atomic E-state index is -1.57. The molecular formula is C48H68Cl2O17. The molecule has 19 heteroatoms. The van der Waals surface area contributed by atoms with Crippen molar-refractivity contribution in [2.45, 2.75) is 173 Å². The summed E-state index contributed by atoms with van der Waals surface area (Å²) < 4.78 is 41.5. The molecular weight excluding hydrogens is 919 g/mol. The Morgan fingerprint density at radius 1 is 0.940 bits per heavy atom. The van der Waals surface area contributed by atoms with Crippen LogP contribution in [-0.4, -0.2) is 152 Å². The average Bonchev–Trinajstić information content (AvgIpc) is 3.27. The van der Waals surface area contributed by atoms with Crippen LogP contribution in [0.25, 0.3) is 0 Å². The van der Waals surface area contributed by atoms with Crippen molar-refractivity contribution in [3.05, 3.63) is 79.9 Å². The van der Waals surface area contributed by atoms with Crippen molar-refractivity contribution in [1.29, 1.82) is 0 Å². The smallest absolute Gasteiger partial charge is 0.342 e. The van der Waals surface area contributed by atoms with Gasteiger partial charge in [0.15, 0.2) is 30.2 Å². The van der Waals surface area contributed by atoms with Crippen LogP contribution in [-0.2, 0) is 44.4 Å². The normalized spacial score (nSPS) is 33.0. The number of cyclic esters (lactones) is 1. The molecule has 0 amide bonds. The third-order valence-corrected chi connectivity index (χ3v) is 13.1. The van der Waals surface area contributed by atoms with Crippen molar-refractivity contribution < 1.29 is 83.6 Å². The number of rotatable bonds is 11. The largest absolute Gasteiger partial charge is 0.505 e. The molecule has 3 aliphatic heterocycles. The molecule has 4 rings (SSSR count). The summed E-state index contributed by atoms with van der Waals surface area (Å²) in [6, 6.07) is 0. The Hall–Kier alpha value is -3.40. The molecule has 376 valence electrons. The van der Waals surface area contributed by atoms with Crippen LogP contribution >= 0.6 is 23.2 Å². The average molecular weight is 988 g/mol. The molecule has 0 aliphatic carbocycles. The number of benzene rings is 1. The van der Waals surface area contributed by atoms with Crippen molar-refractivity contribution in [1.82, 2.24) is 0 Å². The van der Waals surface area contributed by atoms with Gasteiger partial charge < -0.3 is 74.0 Å². The maximum Gasteiger partial charge on any atom is 0.342 e. The third kappa shape index (κ3) is 13.5. The first-order valence-electron chi connectivity index (χ1n) is 22.3. The first-order valence-corrected chi connectivity index (χ1v) is 23.1. The molecule has 67 heavy (non-hydrogen) atoms. The zero-order valence-electron chi connectivity index (χ0n) is 39.6. The molecule has 1 aromatic rings. The van der Waals surface area contributed by atoms with Crippen molar-refractivity contribution in [2.24, 2.45) is 5.92 Å². The summed E-state index contributed by atoms with van der Waals surface area (Å²) in [5.74, 6) is -3.68. The second-order valence-electron chi connectivity index (χ2n) is 17.8. The summed E-state index contributed by atoms with van der Waals surface area (Å²) >= 11 is 12.3. The number of hydrogen-bond donors (Lipinski definition) is 8. The van der Waals surface area contributed by atoms with E-state index in [1.807, 2.05) is 32.9 Å². The van der Waals surface area contributed by atoms with E-state index < -0.39 is 126 Å². The van der Waals surface area contributed by atoms with Crippen LogP contribution in [0.15, 0.2) is 58.7 Å². The van der Waals surface area contributed by atoms with E-state index in [4.69, 9.17) is 56.4 Å². The number of allylic oxidation sites excluding steroid dienone is 4. The fourth-order valence-corrected chi connectivity index (χ4v) is 8.70. The summed E-state index contributed by atoms with van der Waals surface area (Å²) in [4.78, 5) is 27.3. The van der Waals surface area contributed by atoms with Crippen LogP contribution in [0.3, 0.4) is 0 Å². The number of carbonyl (C=O) groups excluding carboxylic acids is 2. The molecule has 2 fully saturated rings. The highest BCUT2D eigenvalue weighted by Gasteiger charge is 2.50. The molecule has 3 unspecified atom stereocenters. The van der Waals surface area contributed by atoms with Gasteiger partial charge in [0.25, 0.3) is 0 Å². The van der Waals surface area contributed by atoms with E-state index in [2.05, 4.69) is 0 Å². The zero-order chi connectivity index (χ0) is 50.2. The predicted molar refractivity (Wildman–Crippen MR) is 246 cm³/mol. The van der Waals surface area contributed by atoms with Crippen molar-refractivity contribution in [2.75, 3.05) is 13.7 Å². The third-order valence-electron chi connectivity index (χ3n) is 12.3. The van der Waals surface area contributed by atoms with E-state index in [9.17, 15) is 50.4 Å². The zero-order valence-corrected chi connectivity index (χ0v) is 41.1. The molecule has 0 spiro atoms. The van der Waals surface area contributed by atoms with Crippen LogP contribution in [0.5, 0.6) is 11.5 Å². The number of carbonyl (C=O) groups is 2. The Kier molecular flexibility index (Phi) is 20.5. The van der Waals surface area contributed by atoms with Gasteiger partial charge in [0.05, 0.1) is 47.2 Å². The minimum absolute atomic E-state index is 0.0296. The number of aliphatic hydroxyl groups is 6. The Morgan fingerprint density at radius 3 is 2.22 bits per heavy atom. The number of esters is 2. The number of methoxy groups -OCH3 is 1. The second-order valence-corrected chi connectivity index (χ2v) is 18.6. The van der Waals surface area contributed by atoms with Gasteiger partial charge in [-0.2, -0.15) is 0 Å². The lowest BCUT2D eigenvalue weighted by atomic mass is 9.88. The lowest BCUT2D eigenvalue weighted by Crippen LogP contribution is -2.63. The van der Waals surface area contributed by atoms with Gasteiger partial charge in [-0.15, -0.1) is 0 Å². The molecule has 14 atom stereocenters. The van der Waals surface area contributed by atoms with Gasteiger partial charge >= 0.3 is 11.9 Å². The lowest BCUT2D eigenvalue weighted by Gasteiger charge is -2.46. The highest BCUT2D eigenvalue weighted by atomic mass is 35.5. The highest BCUT2D eigenvalue weighted by Crippen LogP contribution is 2.45. The number of phenolic OH excluding ortho intramolecular Hbond substituents is 2. The predicted octanol–water partition coefficient (Wildman–Crippen LogP) is 5.03. The van der Waals surface area contributed by atoms with Crippen LogP contribution in [0.1, 0.15) is 97.5 Å². The molecule has 0 saturated carbocycles. The molecule has 17 nitrogen and oxygen atoms in total. The second kappa shape index (κ2) is 24.4. The van der Waals surface area contributed by atoms with Gasteiger partial charge in [0.1, 0.15) is 47.2 Å². The molecule has 0 aromatic heterocycles. The van der Waals surface area contributed by atoms with Gasteiger partial charge in [-0.05, 0) is 90.5 Å². The van der Waals surface area contributed by atoms with Crippen LogP contribution < -0.4 is 0 Å². The number of ether oxygens (including phenoxy) is 7. The fourth-order valence-electron chi connectivity index (χ4n) is 8.14. The quantitative estimate of drug-likeness (QED) is 0.107. The van der Waals surface area contributed by atoms with E-state index >= 15 is 0 Å². The van der Waals surface area contributed by atoms with Crippen molar-refractivity contribution in [3.63, 3.8) is 0 Å². The summed E-state index contributed by atoms with van der Waals surface area (Å²) in [5, 5.41) is 85.7. The fraction of sp³-hybridized carbons (Fsp3) is 0.625. The molecule has 3 heterocycles. The van der Waals surface area contributed by atoms with E-state index in [1.165, 1.54) is 33.1 Å². The number of halogens is 2. The Bertz CT molecular complexity index is 2050. The van der Waals surface area contributed by atoms with E-state index in [-0.39, 0.29) is 41.3 Å². The molecule has 0 radical (unpaired) electrons. The van der Waals surface area contributed by atoms with E-state index in [0.717, 1.165) is 0 Å². The minimum Gasteiger partial charge on any atom is -0.505 e. The van der Waals surface area contributed by atoms with Gasteiger partial charge in [-0.1, -0.05) is 73.0 Å². The summed E-state index contributed by atoms with van der Waals surface area (Å²) in [7, 11) is 1.26. The number of aliphatic hydroxyl groups excluding tert-OH is 6. The first-order chi connectivity index (χ1) is 31.4. The Balaban J connectivity index is 1.60. The molecule has 2 saturated heterocycles. The number of phenols is 2. The standard InChI is InChI=1S/C48H68Cl2O17/c1-11-27-20-23(4)30(52)16-14-13-15-28(21-62-47-42(61-10)39(57)41(26(7)63-47)65-45(60)32-29(12-2)33(49)36(54)34(50)35(32)53)44(59)64-31(25(6)51)18-17-22(3)19-24(5)40(27)66-46-38(56)37(55)43(58)48(8,9)67-46/h13-15,17,19-20,25-27,30-31,37-43,46-47,51-58H,11-12,16,18,21H2,1-10H3/t25-,26+,27+,30+,31?,37-,38+,39-,40?,41+,42-,43?,46-,47+/m1/s1. The van der Waals surface area contributed by atoms with Gasteiger partial charge in [0, 0.05) is 19.4 Å². The molecule has 0 bridgehead atoms. The van der Waals surface area contributed by atoms with Gasteiger partial charge in [-0.25, -0.2) is 9.59 Å². The molecule has 3 aliphatic rings. The van der Waals surface area contributed by atoms with Gasteiger partial charge in [-0.3, -0.25) is 0 Å². The maximum absolute atomic E-state index is 13.9. The summed E-state index contributed by atoms with van der Waals surface area (Å²) in [5.41, 5.74) is 0.400. The van der Waals surface area contributed by atoms with Crippen LogP contribution in [0.2, 0.25) is 10.0 Å². The van der Waals surface area contributed by atoms with E-state index in [1.54, 1.807) is 39.8 Å². The number of aromatic hydroxyl groups is 2. The first kappa shape index (κ1) is 56.2. The topological polar surface area (TPSA) is 261 Å². The highest BCUT2D eigenvalue weighted by molar-refractivity contribution is 6.39.